The molecule has 20 heavy (non-hydrogen) atoms. The van der Waals surface area contributed by atoms with Crippen LogP contribution in [-0.2, 0) is 10.0 Å². The van der Waals surface area contributed by atoms with Gasteiger partial charge in [0.25, 0.3) is 10.0 Å². The molecular weight excluding hydrogens is 366 g/mol. The van der Waals surface area contributed by atoms with E-state index in [1.54, 1.807) is 25.3 Å². The molecule has 0 radical (unpaired) electrons. The molecular formula is C12H11BrClN3O2S. The topological polar surface area (TPSA) is 85.1 Å². The predicted molar refractivity (Wildman–Crippen MR) is 83.3 cm³/mol. The third-order valence-electron chi connectivity index (χ3n) is 2.67. The Balaban J connectivity index is 2.44. The van der Waals surface area contributed by atoms with E-state index in [0.29, 0.717) is 26.6 Å². The van der Waals surface area contributed by atoms with Crippen LogP contribution in [0.4, 0.5) is 11.4 Å². The second-order valence-corrected chi connectivity index (χ2v) is 6.91. The molecule has 0 amide bonds. The number of rotatable bonds is 3. The molecule has 0 aliphatic rings. The molecule has 0 saturated carbocycles. The SMILES string of the molecule is Cc1c(N)cc(S(=O)(=O)Nc2cccnc2Br)cc1Cl. The summed E-state index contributed by atoms with van der Waals surface area (Å²) >= 11 is 9.14. The Morgan fingerprint density at radius 3 is 2.70 bits per heavy atom. The standard InChI is InChI=1S/C12H11BrClN3O2S/c1-7-9(14)5-8(6-10(7)15)20(18,19)17-11-3-2-4-16-12(11)13/h2-6,17H,15H2,1H3. The molecule has 0 saturated heterocycles. The summed E-state index contributed by atoms with van der Waals surface area (Å²) < 4.78 is 27.4. The molecule has 0 spiro atoms. The number of anilines is 2. The largest absolute Gasteiger partial charge is 0.398 e. The van der Waals surface area contributed by atoms with Crippen LogP contribution in [-0.4, -0.2) is 13.4 Å². The Hall–Kier alpha value is -1.31. The van der Waals surface area contributed by atoms with E-state index in [2.05, 4.69) is 25.6 Å². The molecule has 3 N–H and O–H groups in total. The maximum atomic E-state index is 12.3. The fourth-order valence-electron chi connectivity index (χ4n) is 1.50. The first-order valence-corrected chi connectivity index (χ1v) is 8.15. The summed E-state index contributed by atoms with van der Waals surface area (Å²) in [6, 6.07) is 5.94. The Labute approximate surface area is 130 Å². The molecule has 1 aromatic carbocycles. The van der Waals surface area contributed by atoms with Gasteiger partial charge in [-0.05, 0) is 52.7 Å². The molecule has 5 nitrogen and oxygen atoms in total. The zero-order valence-corrected chi connectivity index (χ0v) is 13.6. The molecule has 0 fully saturated rings. The Kier molecular flexibility index (Phi) is 4.22. The van der Waals surface area contributed by atoms with Crippen LogP contribution in [0.1, 0.15) is 5.56 Å². The van der Waals surface area contributed by atoms with Crippen molar-refractivity contribution < 1.29 is 8.42 Å². The summed E-state index contributed by atoms with van der Waals surface area (Å²) in [5.41, 5.74) is 7.05. The maximum Gasteiger partial charge on any atom is 0.262 e. The Bertz CT molecular complexity index is 742. The van der Waals surface area contributed by atoms with Crippen molar-refractivity contribution in [3.05, 3.63) is 45.7 Å². The van der Waals surface area contributed by atoms with Crippen molar-refractivity contribution in [2.24, 2.45) is 0 Å². The number of nitrogen functional groups attached to an aromatic ring is 1. The number of halogens is 2. The van der Waals surface area contributed by atoms with Gasteiger partial charge in [0.15, 0.2) is 0 Å². The van der Waals surface area contributed by atoms with E-state index < -0.39 is 10.0 Å². The third-order valence-corrected chi connectivity index (χ3v) is 5.04. The average molecular weight is 377 g/mol. The van der Waals surface area contributed by atoms with E-state index in [-0.39, 0.29) is 4.90 Å². The molecule has 0 bridgehead atoms. The highest BCUT2D eigenvalue weighted by Crippen LogP contribution is 2.28. The van der Waals surface area contributed by atoms with E-state index >= 15 is 0 Å². The van der Waals surface area contributed by atoms with Gasteiger partial charge in [0.1, 0.15) is 4.60 Å². The van der Waals surface area contributed by atoms with E-state index in [4.69, 9.17) is 17.3 Å². The molecule has 2 rings (SSSR count). The van der Waals surface area contributed by atoms with Crippen molar-refractivity contribution in [2.75, 3.05) is 10.5 Å². The lowest BCUT2D eigenvalue weighted by molar-refractivity contribution is 0.601. The maximum absolute atomic E-state index is 12.3. The van der Waals surface area contributed by atoms with Crippen LogP contribution in [0.15, 0.2) is 40.0 Å². The molecule has 0 aliphatic heterocycles. The highest BCUT2D eigenvalue weighted by molar-refractivity contribution is 9.10. The van der Waals surface area contributed by atoms with Gasteiger partial charge in [-0.2, -0.15) is 0 Å². The van der Waals surface area contributed by atoms with Crippen LogP contribution >= 0.6 is 27.5 Å². The van der Waals surface area contributed by atoms with Gasteiger partial charge in [0.05, 0.1) is 10.6 Å². The highest BCUT2D eigenvalue weighted by Gasteiger charge is 2.18. The first kappa shape index (κ1) is 15.1. The summed E-state index contributed by atoms with van der Waals surface area (Å²) in [6.07, 6.45) is 1.54. The third kappa shape index (κ3) is 3.05. The van der Waals surface area contributed by atoms with Gasteiger partial charge in [0, 0.05) is 16.9 Å². The number of nitrogens with two attached hydrogens (primary N) is 1. The minimum Gasteiger partial charge on any atom is -0.398 e. The van der Waals surface area contributed by atoms with E-state index in [0.717, 1.165) is 0 Å². The fourth-order valence-corrected chi connectivity index (χ4v) is 3.39. The van der Waals surface area contributed by atoms with Crippen molar-refractivity contribution in [1.82, 2.24) is 4.98 Å². The van der Waals surface area contributed by atoms with Crippen LogP contribution in [0.25, 0.3) is 0 Å². The summed E-state index contributed by atoms with van der Waals surface area (Å²) in [4.78, 5) is 3.95. The van der Waals surface area contributed by atoms with Crippen molar-refractivity contribution >= 4 is 48.9 Å². The molecule has 2 aromatic rings. The van der Waals surface area contributed by atoms with Gasteiger partial charge < -0.3 is 5.73 Å². The van der Waals surface area contributed by atoms with Crippen LogP contribution in [0.3, 0.4) is 0 Å². The van der Waals surface area contributed by atoms with Crippen molar-refractivity contribution in [3.8, 4) is 0 Å². The van der Waals surface area contributed by atoms with Gasteiger partial charge in [-0.15, -0.1) is 0 Å². The summed E-state index contributed by atoms with van der Waals surface area (Å²) in [6.45, 7) is 1.72. The minimum absolute atomic E-state index is 0.00125. The van der Waals surface area contributed by atoms with E-state index in [1.165, 1.54) is 12.1 Å². The fraction of sp³-hybridized carbons (Fsp3) is 0.0833. The Morgan fingerprint density at radius 2 is 2.10 bits per heavy atom. The summed E-state index contributed by atoms with van der Waals surface area (Å²) in [5, 5.41) is 0.302. The number of aromatic nitrogens is 1. The number of nitrogens with one attached hydrogen (secondary N) is 1. The Morgan fingerprint density at radius 1 is 1.40 bits per heavy atom. The van der Waals surface area contributed by atoms with Gasteiger partial charge in [-0.1, -0.05) is 11.6 Å². The molecule has 0 atom stereocenters. The van der Waals surface area contributed by atoms with Gasteiger partial charge in [0.2, 0.25) is 0 Å². The smallest absolute Gasteiger partial charge is 0.262 e. The number of hydrogen-bond donors (Lipinski definition) is 2. The highest BCUT2D eigenvalue weighted by atomic mass is 79.9. The lowest BCUT2D eigenvalue weighted by Crippen LogP contribution is -2.14. The van der Waals surface area contributed by atoms with Crippen molar-refractivity contribution in [1.29, 1.82) is 0 Å². The first-order chi connectivity index (χ1) is 9.31. The number of nitrogens with zero attached hydrogens (tertiary/aromatic N) is 1. The molecule has 0 aliphatic carbocycles. The summed E-state index contributed by atoms with van der Waals surface area (Å²) in [7, 11) is -3.78. The second-order valence-electron chi connectivity index (χ2n) is 4.07. The van der Waals surface area contributed by atoms with Crippen LogP contribution in [0.2, 0.25) is 5.02 Å². The number of sulfonamides is 1. The number of pyridine rings is 1. The quantitative estimate of drug-likeness (QED) is 0.636. The van der Waals surface area contributed by atoms with Crippen LogP contribution < -0.4 is 10.5 Å². The van der Waals surface area contributed by atoms with E-state index in [1.807, 2.05) is 0 Å². The number of benzene rings is 1. The van der Waals surface area contributed by atoms with Crippen LogP contribution in [0.5, 0.6) is 0 Å². The van der Waals surface area contributed by atoms with Crippen molar-refractivity contribution in [3.63, 3.8) is 0 Å². The molecule has 0 unspecified atom stereocenters. The number of hydrogen-bond acceptors (Lipinski definition) is 4. The first-order valence-electron chi connectivity index (χ1n) is 5.50. The zero-order valence-electron chi connectivity index (χ0n) is 10.4. The van der Waals surface area contributed by atoms with Crippen molar-refractivity contribution in [2.45, 2.75) is 11.8 Å². The minimum atomic E-state index is -3.78. The monoisotopic (exact) mass is 375 g/mol. The van der Waals surface area contributed by atoms with Crippen LogP contribution in [0, 0.1) is 6.92 Å². The summed E-state index contributed by atoms with van der Waals surface area (Å²) in [5.74, 6) is 0. The second kappa shape index (κ2) is 5.59. The predicted octanol–water partition coefficient (Wildman–Crippen LogP) is 3.19. The van der Waals surface area contributed by atoms with E-state index in [9.17, 15) is 8.42 Å². The normalized spacial score (nSPS) is 11.3. The lowest BCUT2D eigenvalue weighted by atomic mass is 10.2. The molecule has 106 valence electrons. The zero-order chi connectivity index (χ0) is 14.9. The van der Waals surface area contributed by atoms with Gasteiger partial charge in [-0.25, -0.2) is 13.4 Å². The molecule has 1 heterocycles. The van der Waals surface area contributed by atoms with Gasteiger partial charge >= 0.3 is 0 Å². The molecule has 8 heteroatoms. The van der Waals surface area contributed by atoms with Gasteiger partial charge in [-0.3, -0.25) is 4.72 Å². The average Bonchev–Trinajstić information content (AvgIpc) is 2.38. The molecule has 1 aromatic heterocycles. The lowest BCUT2D eigenvalue weighted by Gasteiger charge is -2.11.